The van der Waals surface area contributed by atoms with E-state index in [0.717, 1.165) is 40.2 Å². The SMILES string of the molecule is COc1cc2c(cc1O)N(Cc1ccc(OC)c(Oc3ccccc3)c1Br)[C@@H](CC1CC1)CC2. The van der Waals surface area contributed by atoms with Crippen molar-refractivity contribution < 1.29 is 19.3 Å². The van der Waals surface area contributed by atoms with Crippen molar-refractivity contribution in [1.82, 2.24) is 0 Å². The van der Waals surface area contributed by atoms with Crippen LogP contribution in [0, 0.1) is 5.92 Å². The molecule has 6 heteroatoms. The third kappa shape index (κ3) is 4.69. The number of fused-ring (bicyclic) bond motifs is 1. The molecule has 3 aromatic rings. The summed E-state index contributed by atoms with van der Waals surface area (Å²) in [5.41, 5.74) is 3.41. The zero-order chi connectivity index (χ0) is 23.7. The number of halogens is 1. The highest BCUT2D eigenvalue weighted by atomic mass is 79.9. The van der Waals surface area contributed by atoms with Gasteiger partial charge in [0, 0.05) is 24.3 Å². The Morgan fingerprint density at radius 3 is 2.44 bits per heavy atom. The first-order valence-corrected chi connectivity index (χ1v) is 12.6. The van der Waals surface area contributed by atoms with Crippen molar-refractivity contribution in [2.24, 2.45) is 5.92 Å². The Kier molecular flexibility index (Phi) is 6.59. The molecule has 0 aromatic heterocycles. The Morgan fingerprint density at radius 2 is 1.74 bits per heavy atom. The fourth-order valence-corrected chi connectivity index (χ4v) is 5.38. The van der Waals surface area contributed by atoms with Crippen LogP contribution in [0.3, 0.4) is 0 Å². The van der Waals surface area contributed by atoms with Gasteiger partial charge in [0.15, 0.2) is 23.0 Å². The number of phenols is 1. The number of hydrogen-bond acceptors (Lipinski definition) is 5. The number of aryl methyl sites for hydroxylation is 1. The summed E-state index contributed by atoms with van der Waals surface area (Å²) in [6.07, 6.45) is 5.93. The van der Waals surface area contributed by atoms with Crippen LogP contribution in [0.15, 0.2) is 59.1 Å². The second-order valence-electron chi connectivity index (χ2n) is 9.14. The highest BCUT2D eigenvalue weighted by molar-refractivity contribution is 9.10. The second kappa shape index (κ2) is 9.79. The number of nitrogens with zero attached hydrogens (tertiary/aromatic N) is 1. The zero-order valence-corrected chi connectivity index (χ0v) is 21.2. The van der Waals surface area contributed by atoms with Gasteiger partial charge in [0.05, 0.1) is 18.7 Å². The van der Waals surface area contributed by atoms with Crippen molar-refractivity contribution in [1.29, 1.82) is 0 Å². The van der Waals surface area contributed by atoms with Gasteiger partial charge in [-0.3, -0.25) is 0 Å². The van der Waals surface area contributed by atoms with Gasteiger partial charge in [-0.2, -0.15) is 0 Å². The van der Waals surface area contributed by atoms with Gasteiger partial charge in [0.1, 0.15) is 5.75 Å². The first-order chi connectivity index (χ1) is 16.6. The van der Waals surface area contributed by atoms with E-state index in [1.54, 1.807) is 14.2 Å². The molecule has 5 nitrogen and oxygen atoms in total. The van der Waals surface area contributed by atoms with Gasteiger partial charge in [-0.25, -0.2) is 0 Å². The highest BCUT2D eigenvalue weighted by Crippen LogP contribution is 2.46. The number of phenolic OH excluding ortho intramolecular Hbond substituents is 1. The van der Waals surface area contributed by atoms with Crippen LogP contribution in [-0.4, -0.2) is 25.4 Å². The number of ether oxygens (including phenoxy) is 3. The van der Waals surface area contributed by atoms with Crippen LogP contribution in [0.4, 0.5) is 5.69 Å². The molecule has 3 aromatic carbocycles. The van der Waals surface area contributed by atoms with E-state index in [1.807, 2.05) is 48.5 Å². The van der Waals surface area contributed by atoms with Crippen LogP contribution in [-0.2, 0) is 13.0 Å². The maximum atomic E-state index is 10.6. The van der Waals surface area contributed by atoms with E-state index in [2.05, 4.69) is 26.9 Å². The lowest BCUT2D eigenvalue weighted by molar-refractivity contribution is 0.371. The van der Waals surface area contributed by atoms with Crippen molar-refractivity contribution in [3.8, 4) is 28.7 Å². The molecule has 0 radical (unpaired) electrons. The molecule has 1 N–H and O–H groups in total. The third-order valence-corrected chi connectivity index (χ3v) is 7.71. The van der Waals surface area contributed by atoms with E-state index < -0.39 is 0 Å². The van der Waals surface area contributed by atoms with E-state index in [9.17, 15) is 5.11 Å². The van der Waals surface area contributed by atoms with Gasteiger partial charge < -0.3 is 24.2 Å². The summed E-state index contributed by atoms with van der Waals surface area (Å²) in [6, 6.07) is 18.1. The quantitative estimate of drug-likeness (QED) is 0.341. The molecule has 0 bridgehead atoms. The Balaban J connectivity index is 1.51. The van der Waals surface area contributed by atoms with Crippen molar-refractivity contribution in [3.05, 3.63) is 70.2 Å². The van der Waals surface area contributed by atoms with Crippen LogP contribution in [0.5, 0.6) is 28.7 Å². The number of hydrogen-bond donors (Lipinski definition) is 1. The summed E-state index contributed by atoms with van der Waals surface area (Å²) < 4.78 is 18.1. The molecular formula is C28H30BrNO4. The molecule has 1 atom stereocenters. The smallest absolute Gasteiger partial charge is 0.183 e. The largest absolute Gasteiger partial charge is 0.504 e. The van der Waals surface area contributed by atoms with Crippen molar-refractivity contribution in [3.63, 3.8) is 0 Å². The molecule has 1 saturated carbocycles. The summed E-state index contributed by atoms with van der Waals surface area (Å²) in [6.45, 7) is 0.700. The number of rotatable bonds is 8. The van der Waals surface area contributed by atoms with E-state index in [4.69, 9.17) is 14.2 Å². The summed E-state index contributed by atoms with van der Waals surface area (Å²) in [4.78, 5) is 2.45. The summed E-state index contributed by atoms with van der Waals surface area (Å²) in [5, 5.41) is 10.6. The minimum atomic E-state index is 0.181. The molecule has 1 heterocycles. The van der Waals surface area contributed by atoms with Crippen LogP contribution in [0.25, 0.3) is 0 Å². The molecule has 0 amide bonds. The Bertz CT molecular complexity index is 1160. The molecule has 0 saturated heterocycles. The molecule has 1 aliphatic heterocycles. The van der Waals surface area contributed by atoms with E-state index in [-0.39, 0.29) is 5.75 Å². The lowest BCUT2D eigenvalue weighted by Crippen LogP contribution is -2.39. The number of aromatic hydroxyl groups is 1. The van der Waals surface area contributed by atoms with Crippen LogP contribution in [0.1, 0.15) is 36.8 Å². The van der Waals surface area contributed by atoms with Crippen LogP contribution in [0.2, 0.25) is 0 Å². The summed E-state index contributed by atoms with van der Waals surface area (Å²) in [5.74, 6) is 3.63. The predicted molar refractivity (Wildman–Crippen MR) is 138 cm³/mol. The van der Waals surface area contributed by atoms with Gasteiger partial charge in [-0.1, -0.05) is 37.1 Å². The molecule has 0 unspecified atom stereocenters. The molecule has 178 valence electrons. The molecule has 34 heavy (non-hydrogen) atoms. The Morgan fingerprint density at radius 1 is 0.971 bits per heavy atom. The molecule has 0 spiro atoms. The third-order valence-electron chi connectivity index (χ3n) is 6.84. The van der Waals surface area contributed by atoms with Crippen LogP contribution >= 0.6 is 15.9 Å². The number of methoxy groups -OCH3 is 2. The highest BCUT2D eigenvalue weighted by Gasteiger charge is 2.33. The van der Waals surface area contributed by atoms with Crippen molar-refractivity contribution in [2.75, 3.05) is 19.1 Å². The maximum absolute atomic E-state index is 10.6. The normalized spacial score (nSPS) is 17.3. The molecule has 1 fully saturated rings. The predicted octanol–water partition coefficient (Wildman–Crippen LogP) is 7.09. The second-order valence-corrected chi connectivity index (χ2v) is 9.93. The molecule has 1 aliphatic carbocycles. The fourth-order valence-electron chi connectivity index (χ4n) is 4.85. The van der Waals surface area contributed by atoms with E-state index >= 15 is 0 Å². The Hall–Kier alpha value is -2.86. The van der Waals surface area contributed by atoms with Crippen LogP contribution < -0.4 is 19.1 Å². The first kappa shape index (κ1) is 22.9. The van der Waals surface area contributed by atoms with Crippen molar-refractivity contribution in [2.45, 2.75) is 44.7 Å². The van der Waals surface area contributed by atoms with Gasteiger partial charge in [-0.15, -0.1) is 0 Å². The van der Waals surface area contributed by atoms with Gasteiger partial charge in [0.2, 0.25) is 0 Å². The average Bonchev–Trinajstić information content (AvgIpc) is 3.67. The average molecular weight is 524 g/mol. The standard InChI is InChI=1S/C28H30BrNO4/c1-32-25-13-11-20(27(29)28(25)34-22-6-4-3-5-7-22)17-30-21(14-18-8-9-18)12-10-19-15-26(33-2)24(31)16-23(19)30/h3-7,11,13,15-16,18,21,31H,8-10,12,14,17H2,1-2H3/t21-/m1/s1. The summed E-state index contributed by atoms with van der Waals surface area (Å²) >= 11 is 3.82. The number of benzene rings is 3. The Labute approximate surface area is 209 Å². The fraction of sp³-hybridized carbons (Fsp3) is 0.357. The molecule has 2 aliphatic rings. The lowest BCUT2D eigenvalue weighted by atomic mass is 9.91. The van der Waals surface area contributed by atoms with Crippen molar-refractivity contribution >= 4 is 21.6 Å². The van der Waals surface area contributed by atoms with E-state index in [1.165, 1.54) is 24.8 Å². The zero-order valence-electron chi connectivity index (χ0n) is 19.6. The number of para-hydroxylation sites is 1. The summed E-state index contributed by atoms with van der Waals surface area (Å²) in [7, 11) is 3.25. The lowest BCUT2D eigenvalue weighted by Gasteiger charge is -2.40. The molecule has 5 rings (SSSR count). The maximum Gasteiger partial charge on any atom is 0.183 e. The van der Waals surface area contributed by atoms with Gasteiger partial charge in [0.25, 0.3) is 0 Å². The first-order valence-electron chi connectivity index (χ1n) is 11.8. The number of anilines is 1. The minimum absolute atomic E-state index is 0.181. The minimum Gasteiger partial charge on any atom is -0.504 e. The monoisotopic (exact) mass is 523 g/mol. The molecular weight excluding hydrogens is 494 g/mol. The topological polar surface area (TPSA) is 51.2 Å². The van der Waals surface area contributed by atoms with Gasteiger partial charge in [-0.05, 0) is 76.5 Å². The van der Waals surface area contributed by atoms with E-state index in [0.29, 0.717) is 29.8 Å². The van der Waals surface area contributed by atoms with Gasteiger partial charge >= 0.3 is 0 Å².